The second-order valence-corrected chi connectivity index (χ2v) is 8.41. The summed E-state index contributed by atoms with van der Waals surface area (Å²) in [6.45, 7) is 4.34. The van der Waals surface area contributed by atoms with Crippen LogP contribution in [-0.4, -0.2) is 27.4 Å². The lowest BCUT2D eigenvalue weighted by Gasteiger charge is -2.21. The standard InChI is InChI=1S/C22H17N3O6.C2H6/c23-17-16-12(4-14-20(17)31-7-30-14)24-18-10(15(16)8-1-2-8)5-25-13(18)3-9-11(21(25)27)6-29-22(28)19(9)26;1-2/h3-4,8,19,26H,1-2,5-7,23H2;1-2H3. The third-order valence-corrected chi connectivity index (χ3v) is 6.65. The Hall–Kier alpha value is -3.59. The molecule has 1 aromatic carbocycles. The molecule has 170 valence electrons. The highest BCUT2D eigenvalue weighted by Gasteiger charge is 2.38. The van der Waals surface area contributed by atoms with Gasteiger partial charge >= 0.3 is 5.97 Å². The average molecular weight is 449 g/mol. The number of rotatable bonds is 1. The van der Waals surface area contributed by atoms with E-state index in [1.807, 2.05) is 19.9 Å². The topological polar surface area (TPSA) is 126 Å². The van der Waals surface area contributed by atoms with E-state index in [4.69, 9.17) is 24.9 Å². The van der Waals surface area contributed by atoms with Gasteiger partial charge in [-0.25, -0.2) is 9.78 Å². The second kappa shape index (κ2) is 6.95. The molecule has 4 aliphatic rings. The van der Waals surface area contributed by atoms with Crippen molar-refractivity contribution >= 4 is 22.6 Å². The molecule has 0 amide bonds. The van der Waals surface area contributed by atoms with E-state index in [1.165, 1.54) is 0 Å². The maximum absolute atomic E-state index is 13.2. The fourth-order valence-corrected chi connectivity index (χ4v) is 5.04. The summed E-state index contributed by atoms with van der Waals surface area (Å²) in [5.74, 6) is 0.689. The van der Waals surface area contributed by atoms with Crippen LogP contribution in [-0.2, 0) is 22.7 Å². The Morgan fingerprint density at radius 3 is 2.67 bits per heavy atom. The zero-order valence-corrected chi connectivity index (χ0v) is 18.3. The monoisotopic (exact) mass is 449 g/mol. The van der Waals surface area contributed by atoms with Crippen LogP contribution < -0.4 is 20.8 Å². The van der Waals surface area contributed by atoms with Crippen LogP contribution in [0.3, 0.4) is 0 Å². The van der Waals surface area contributed by atoms with Gasteiger partial charge in [-0.1, -0.05) is 13.8 Å². The van der Waals surface area contributed by atoms with Gasteiger partial charge in [0, 0.05) is 22.6 Å². The number of ether oxygens (including phenoxy) is 3. The molecule has 3 aliphatic heterocycles. The molecule has 3 aromatic rings. The molecule has 1 atom stereocenters. The number of nitrogen functional groups attached to an aromatic ring is 1. The fourth-order valence-electron chi connectivity index (χ4n) is 5.04. The summed E-state index contributed by atoms with van der Waals surface area (Å²) in [7, 11) is 0. The molecule has 1 unspecified atom stereocenters. The lowest BCUT2D eigenvalue weighted by atomic mass is 9.95. The zero-order valence-electron chi connectivity index (χ0n) is 18.3. The van der Waals surface area contributed by atoms with E-state index in [9.17, 15) is 14.7 Å². The van der Waals surface area contributed by atoms with E-state index in [1.54, 1.807) is 10.6 Å². The Morgan fingerprint density at radius 2 is 1.91 bits per heavy atom. The number of benzene rings is 1. The van der Waals surface area contributed by atoms with Gasteiger partial charge in [-0.05, 0) is 30.4 Å². The van der Waals surface area contributed by atoms with Crippen LogP contribution in [0, 0.1) is 0 Å². The number of esters is 1. The molecule has 0 bridgehead atoms. The number of pyridine rings is 2. The Morgan fingerprint density at radius 1 is 1.12 bits per heavy atom. The first-order valence-electron chi connectivity index (χ1n) is 11.2. The van der Waals surface area contributed by atoms with Crippen molar-refractivity contribution in [1.82, 2.24) is 9.55 Å². The number of fused-ring (bicyclic) bond motifs is 6. The van der Waals surface area contributed by atoms with Crippen molar-refractivity contribution in [3.63, 3.8) is 0 Å². The zero-order chi connectivity index (χ0) is 23.0. The second-order valence-electron chi connectivity index (χ2n) is 8.41. The molecule has 7 rings (SSSR count). The van der Waals surface area contributed by atoms with Crippen LogP contribution >= 0.6 is 0 Å². The lowest BCUT2D eigenvalue weighted by molar-refractivity contribution is -0.157. The summed E-state index contributed by atoms with van der Waals surface area (Å²) in [4.78, 5) is 29.9. The number of hydrogen-bond acceptors (Lipinski definition) is 8. The molecule has 1 saturated carbocycles. The summed E-state index contributed by atoms with van der Waals surface area (Å²) in [6.07, 6.45) is 0.615. The number of nitrogens with two attached hydrogens (primary N) is 1. The molecule has 0 spiro atoms. The van der Waals surface area contributed by atoms with Gasteiger partial charge in [0.2, 0.25) is 6.79 Å². The van der Waals surface area contributed by atoms with Crippen LogP contribution in [0.5, 0.6) is 11.5 Å². The van der Waals surface area contributed by atoms with Gasteiger partial charge in [0.1, 0.15) is 6.61 Å². The van der Waals surface area contributed by atoms with Crippen molar-refractivity contribution in [1.29, 1.82) is 0 Å². The van der Waals surface area contributed by atoms with E-state index in [0.717, 1.165) is 29.4 Å². The van der Waals surface area contributed by atoms with Crippen molar-refractivity contribution in [2.75, 3.05) is 12.5 Å². The summed E-state index contributed by atoms with van der Waals surface area (Å²) < 4.78 is 17.7. The largest absolute Gasteiger partial charge is 0.458 e. The van der Waals surface area contributed by atoms with Gasteiger partial charge in [0.05, 0.1) is 34.7 Å². The minimum atomic E-state index is -1.47. The lowest BCUT2D eigenvalue weighted by Crippen LogP contribution is -2.32. The molecule has 9 heteroatoms. The smallest absolute Gasteiger partial charge is 0.340 e. The number of aliphatic hydroxyl groups excluding tert-OH is 1. The van der Waals surface area contributed by atoms with Gasteiger partial charge in [0.25, 0.3) is 5.56 Å². The number of aliphatic hydroxyl groups is 1. The van der Waals surface area contributed by atoms with Crippen molar-refractivity contribution < 1.29 is 24.1 Å². The Balaban J connectivity index is 0.00000101. The number of carbonyl (C=O) groups is 1. The average Bonchev–Trinajstić information content (AvgIpc) is 3.44. The minimum Gasteiger partial charge on any atom is -0.458 e. The van der Waals surface area contributed by atoms with E-state index in [2.05, 4.69) is 0 Å². The molecule has 1 aliphatic carbocycles. The van der Waals surface area contributed by atoms with Crippen LogP contribution in [0.4, 0.5) is 5.69 Å². The van der Waals surface area contributed by atoms with E-state index < -0.39 is 12.1 Å². The highest BCUT2D eigenvalue weighted by molar-refractivity contribution is 6.01. The van der Waals surface area contributed by atoms with Crippen molar-refractivity contribution in [2.24, 2.45) is 0 Å². The van der Waals surface area contributed by atoms with Gasteiger partial charge in [-0.3, -0.25) is 4.79 Å². The van der Waals surface area contributed by atoms with Gasteiger partial charge in [-0.15, -0.1) is 0 Å². The van der Waals surface area contributed by atoms with Gasteiger partial charge < -0.3 is 29.6 Å². The SMILES string of the molecule is CC.Nc1c2c(cc3nc4c(c(C5CC5)c13)Cn1c-4cc3c(c1=O)COC(=O)C3O)OCO2. The third kappa shape index (κ3) is 2.65. The number of hydrogen-bond donors (Lipinski definition) is 2. The predicted octanol–water partition coefficient (Wildman–Crippen LogP) is 2.73. The van der Waals surface area contributed by atoms with E-state index >= 15 is 0 Å². The molecule has 0 radical (unpaired) electrons. The first kappa shape index (κ1) is 20.0. The minimum absolute atomic E-state index is 0.118. The van der Waals surface area contributed by atoms with Crippen molar-refractivity contribution in [2.45, 2.75) is 51.9 Å². The molecular formula is C24H23N3O6. The van der Waals surface area contributed by atoms with Gasteiger partial charge in [0.15, 0.2) is 17.6 Å². The molecule has 5 heterocycles. The van der Waals surface area contributed by atoms with Crippen molar-refractivity contribution in [3.8, 4) is 22.9 Å². The Kier molecular flexibility index (Phi) is 4.22. The first-order chi connectivity index (χ1) is 16.0. The van der Waals surface area contributed by atoms with Crippen LogP contribution in [0.15, 0.2) is 16.9 Å². The molecule has 33 heavy (non-hydrogen) atoms. The Labute approximate surface area is 188 Å². The van der Waals surface area contributed by atoms with Crippen LogP contribution in [0.25, 0.3) is 22.3 Å². The predicted molar refractivity (Wildman–Crippen MR) is 119 cm³/mol. The number of aromatic nitrogens is 2. The van der Waals surface area contributed by atoms with Gasteiger partial charge in [-0.2, -0.15) is 0 Å². The summed E-state index contributed by atoms with van der Waals surface area (Å²) in [5, 5.41) is 11.2. The summed E-state index contributed by atoms with van der Waals surface area (Å²) in [5.41, 5.74) is 11.3. The first-order valence-corrected chi connectivity index (χ1v) is 11.2. The molecular weight excluding hydrogens is 426 g/mol. The number of nitrogens with zero attached hydrogens (tertiary/aromatic N) is 2. The summed E-state index contributed by atoms with van der Waals surface area (Å²) >= 11 is 0. The Bertz CT molecular complexity index is 1420. The maximum Gasteiger partial charge on any atom is 0.340 e. The third-order valence-electron chi connectivity index (χ3n) is 6.65. The molecule has 0 saturated heterocycles. The summed E-state index contributed by atoms with van der Waals surface area (Å²) in [6, 6.07) is 3.52. The quantitative estimate of drug-likeness (QED) is 0.336. The highest BCUT2D eigenvalue weighted by atomic mass is 16.7. The fraction of sp³-hybridized carbons (Fsp3) is 0.375. The van der Waals surface area contributed by atoms with Crippen molar-refractivity contribution in [3.05, 3.63) is 44.7 Å². The van der Waals surface area contributed by atoms with Crippen LogP contribution in [0.1, 0.15) is 61.0 Å². The van der Waals surface area contributed by atoms with Crippen LogP contribution in [0.2, 0.25) is 0 Å². The molecule has 2 aromatic heterocycles. The number of carbonyl (C=O) groups excluding carboxylic acids is 1. The number of cyclic esters (lactones) is 1. The highest BCUT2D eigenvalue weighted by Crippen LogP contribution is 2.53. The molecule has 9 nitrogen and oxygen atoms in total. The van der Waals surface area contributed by atoms with E-state index in [-0.39, 0.29) is 19.0 Å². The van der Waals surface area contributed by atoms with E-state index in [0.29, 0.717) is 57.7 Å². The molecule has 3 N–H and O–H groups in total. The maximum atomic E-state index is 13.2. The normalized spacial score (nSPS) is 19.4. The number of anilines is 1. The molecule has 1 fully saturated rings.